The summed E-state index contributed by atoms with van der Waals surface area (Å²) in [6, 6.07) is 3.46. The summed E-state index contributed by atoms with van der Waals surface area (Å²) < 4.78 is 0. The zero-order chi connectivity index (χ0) is 8.81. The normalized spacial score (nSPS) is 8.33. The highest BCUT2D eigenvalue weighted by Crippen LogP contribution is 2.03. The van der Waals surface area contributed by atoms with Gasteiger partial charge in [0.2, 0.25) is 0 Å². The molecule has 1 aromatic heterocycles. The largest absolute Gasteiger partial charge is 0.396 e. The summed E-state index contributed by atoms with van der Waals surface area (Å²) in [5, 5.41) is 0. The molecule has 0 saturated heterocycles. The van der Waals surface area contributed by atoms with Crippen molar-refractivity contribution in [1.29, 1.82) is 0 Å². The van der Waals surface area contributed by atoms with Crippen molar-refractivity contribution in [3.8, 4) is 11.8 Å². The maximum absolute atomic E-state index is 9.93. The first-order chi connectivity index (χ1) is 5.84. The Bertz CT molecular complexity index is 336. The Hall–Kier alpha value is -1.82. The van der Waals surface area contributed by atoms with E-state index in [1.54, 1.807) is 18.3 Å². The third kappa shape index (κ3) is 2.10. The number of carbonyl (C=O) groups is 1. The van der Waals surface area contributed by atoms with Crippen LogP contribution in [-0.4, -0.2) is 11.3 Å². The Morgan fingerprint density at radius 1 is 1.67 bits per heavy atom. The molecule has 1 aromatic rings. The molecule has 0 radical (unpaired) electrons. The van der Waals surface area contributed by atoms with Crippen molar-refractivity contribution < 1.29 is 4.79 Å². The van der Waals surface area contributed by atoms with Crippen LogP contribution in [0.5, 0.6) is 0 Å². The number of aldehydes is 1. The molecule has 0 atom stereocenters. The predicted molar refractivity (Wildman–Crippen MR) is 46.2 cm³/mol. The van der Waals surface area contributed by atoms with Crippen molar-refractivity contribution >= 4 is 12.0 Å². The van der Waals surface area contributed by atoms with Crippen molar-refractivity contribution in [2.75, 3.05) is 5.73 Å². The molecule has 1 heterocycles. The van der Waals surface area contributed by atoms with Crippen LogP contribution in [0.1, 0.15) is 12.1 Å². The van der Waals surface area contributed by atoms with Crippen LogP contribution in [-0.2, 0) is 4.79 Å². The van der Waals surface area contributed by atoms with Crippen LogP contribution in [0, 0.1) is 11.8 Å². The van der Waals surface area contributed by atoms with Crippen LogP contribution in [0.15, 0.2) is 18.3 Å². The average Bonchev–Trinajstić information content (AvgIpc) is 2.09. The topological polar surface area (TPSA) is 56.0 Å². The molecule has 0 aliphatic heterocycles. The molecule has 3 nitrogen and oxygen atoms in total. The molecule has 0 saturated carbocycles. The van der Waals surface area contributed by atoms with Gasteiger partial charge < -0.3 is 10.5 Å². The Morgan fingerprint density at radius 3 is 3.17 bits per heavy atom. The highest BCUT2D eigenvalue weighted by Gasteiger charge is 1.91. The maximum Gasteiger partial charge on any atom is 0.136 e. The van der Waals surface area contributed by atoms with Gasteiger partial charge in [-0.05, 0) is 18.1 Å². The van der Waals surface area contributed by atoms with E-state index in [1.165, 1.54) is 0 Å². The lowest BCUT2D eigenvalue weighted by atomic mass is 10.3. The number of nitrogen functional groups attached to an aromatic ring is 1. The van der Waals surface area contributed by atoms with Gasteiger partial charge in [0.05, 0.1) is 12.1 Å². The van der Waals surface area contributed by atoms with E-state index in [0.29, 0.717) is 11.4 Å². The van der Waals surface area contributed by atoms with Crippen molar-refractivity contribution in [1.82, 2.24) is 4.98 Å². The van der Waals surface area contributed by atoms with Gasteiger partial charge in [-0.2, -0.15) is 0 Å². The van der Waals surface area contributed by atoms with Gasteiger partial charge in [-0.1, -0.05) is 5.92 Å². The maximum atomic E-state index is 9.93. The zero-order valence-corrected chi connectivity index (χ0v) is 6.45. The quantitative estimate of drug-likeness (QED) is 0.483. The summed E-state index contributed by atoms with van der Waals surface area (Å²) in [6.07, 6.45) is 2.57. The van der Waals surface area contributed by atoms with E-state index < -0.39 is 0 Å². The van der Waals surface area contributed by atoms with Gasteiger partial charge in [-0.15, -0.1) is 0 Å². The van der Waals surface area contributed by atoms with Crippen LogP contribution in [0.25, 0.3) is 0 Å². The second kappa shape index (κ2) is 4.14. The van der Waals surface area contributed by atoms with Crippen LogP contribution in [0.4, 0.5) is 5.69 Å². The molecule has 1 rings (SSSR count). The SMILES string of the molecule is Nc1cccnc1C#CCC=O. The van der Waals surface area contributed by atoms with Gasteiger partial charge in [-0.3, -0.25) is 0 Å². The van der Waals surface area contributed by atoms with E-state index in [1.807, 2.05) is 0 Å². The third-order valence-electron chi connectivity index (χ3n) is 1.23. The smallest absolute Gasteiger partial charge is 0.136 e. The van der Waals surface area contributed by atoms with Crippen LogP contribution in [0.2, 0.25) is 0 Å². The minimum Gasteiger partial charge on any atom is -0.396 e. The van der Waals surface area contributed by atoms with Gasteiger partial charge in [0.15, 0.2) is 0 Å². The molecule has 0 fully saturated rings. The zero-order valence-electron chi connectivity index (χ0n) is 6.45. The van der Waals surface area contributed by atoms with Gasteiger partial charge in [0.1, 0.15) is 12.0 Å². The molecule has 0 aromatic carbocycles. The van der Waals surface area contributed by atoms with E-state index >= 15 is 0 Å². The molecule has 0 aliphatic carbocycles. The number of carbonyl (C=O) groups excluding carboxylic acids is 1. The molecule has 0 unspecified atom stereocenters. The summed E-state index contributed by atoms with van der Waals surface area (Å²) >= 11 is 0. The van der Waals surface area contributed by atoms with E-state index in [9.17, 15) is 4.79 Å². The first-order valence-electron chi connectivity index (χ1n) is 3.47. The van der Waals surface area contributed by atoms with Gasteiger partial charge >= 0.3 is 0 Å². The molecule has 0 aliphatic rings. The molecule has 0 amide bonds. The Labute approximate surface area is 70.6 Å². The number of nitrogens with two attached hydrogens (primary N) is 1. The summed E-state index contributed by atoms with van der Waals surface area (Å²) in [5.41, 5.74) is 6.61. The fourth-order valence-electron chi connectivity index (χ4n) is 0.699. The molecule has 0 bridgehead atoms. The lowest BCUT2D eigenvalue weighted by molar-refractivity contribution is -0.107. The lowest BCUT2D eigenvalue weighted by Gasteiger charge is -1.92. The number of hydrogen-bond acceptors (Lipinski definition) is 3. The van der Waals surface area contributed by atoms with Gasteiger partial charge in [-0.25, -0.2) is 4.98 Å². The summed E-state index contributed by atoms with van der Waals surface area (Å²) in [7, 11) is 0. The predicted octanol–water partition coefficient (Wildman–Crippen LogP) is 0.604. The number of nitrogens with zero attached hydrogens (tertiary/aromatic N) is 1. The molecule has 3 heteroatoms. The van der Waals surface area contributed by atoms with Crippen LogP contribution in [0.3, 0.4) is 0 Å². The number of aromatic nitrogens is 1. The number of pyridine rings is 1. The standard InChI is InChI=1S/C9H8N2O/c10-8-4-3-6-11-9(8)5-1-2-7-12/h3-4,6-7H,2,10H2. The highest BCUT2D eigenvalue weighted by molar-refractivity contribution is 5.57. The first kappa shape index (κ1) is 8.28. The Kier molecular flexibility index (Phi) is 2.86. The molecule has 60 valence electrons. The molecular formula is C9H8N2O. The van der Waals surface area contributed by atoms with Crippen molar-refractivity contribution in [3.63, 3.8) is 0 Å². The monoisotopic (exact) mass is 160 g/mol. The molecule has 2 N–H and O–H groups in total. The third-order valence-corrected chi connectivity index (χ3v) is 1.23. The highest BCUT2D eigenvalue weighted by atomic mass is 16.1. The lowest BCUT2D eigenvalue weighted by Crippen LogP contribution is -1.91. The van der Waals surface area contributed by atoms with Crippen molar-refractivity contribution in [3.05, 3.63) is 24.0 Å². The fourth-order valence-corrected chi connectivity index (χ4v) is 0.699. The minimum absolute atomic E-state index is 0.218. The second-order valence-corrected chi connectivity index (χ2v) is 2.11. The van der Waals surface area contributed by atoms with Crippen molar-refractivity contribution in [2.24, 2.45) is 0 Å². The number of hydrogen-bond donors (Lipinski definition) is 1. The van der Waals surface area contributed by atoms with E-state index in [0.717, 1.165) is 6.29 Å². The first-order valence-corrected chi connectivity index (χ1v) is 3.47. The summed E-state index contributed by atoms with van der Waals surface area (Å²) in [6.45, 7) is 0. The van der Waals surface area contributed by atoms with Crippen molar-refractivity contribution in [2.45, 2.75) is 6.42 Å². The summed E-state index contributed by atoms with van der Waals surface area (Å²) in [5.74, 6) is 5.33. The molecule has 0 spiro atoms. The molecular weight excluding hydrogens is 152 g/mol. The van der Waals surface area contributed by atoms with Gasteiger partial charge in [0.25, 0.3) is 0 Å². The molecule has 12 heavy (non-hydrogen) atoms. The van der Waals surface area contributed by atoms with Crippen LogP contribution >= 0.6 is 0 Å². The van der Waals surface area contributed by atoms with E-state index in [4.69, 9.17) is 5.73 Å². The number of anilines is 1. The van der Waals surface area contributed by atoms with Gasteiger partial charge in [0, 0.05) is 6.20 Å². The fraction of sp³-hybridized carbons (Fsp3) is 0.111. The van der Waals surface area contributed by atoms with E-state index in [2.05, 4.69) is 16.8 Å². The Morgan fingerprint density at radius 2 is 2.50 bits per heavy atom. The minimum atomic E-state index is 0.218. The Balaban J connectivity index is 2.84. The number of rotatable bonds is 1. The van der Waals surface area contributed by atoms with E-state index in [-0.39, 0.29) is 6.42 Å². The van der Waals surface area contributed by atoms with Crippen LogP contribution < -0.4 is 5.73 Å². The second-order valence-electron chi connectivity index (χ2n) is 2.11. The average molecular weight is 160 g/mol. The summed E-state index contributed by atoms with van der Waals surface area (Å²) in [4.78, 5) is 13.9.